The fourth-order valence-electron chi connectivity index (χ4n) is 3.16. The monoisotopic (exact) mass is 362 g/mol. The summed E-state index contributed by atoms with van der Waals surface area (Å²) in [6, 6.07) is 4.83. The standard InChI is InChI=1S/C20H31FN4O/c1-3-5-15(9-11-26)13-25-20(22-4-2)23-10-8-16-14-24-19-12-17(21)6-7-18(16)19/h6-7,12,14-15,24,26H,3-5,8-11,13H2,1-2H3,(H2,22,23,25). The number of aliphatic hydroxyl groups is 1. The molecule has 0 bridgehead atoms. The number of hydrogen-bond donors (Lipinski definition) is 4. The zero-order valence-corrected chi connectivity index (χ0v) is 15.8. The average molecular weight is 362 g/mol. The lowest BCUT2D eigenvalue weighted by molar-refractivity contribution is 0.253. The molecule has 0 saturated heterocycles. The van der Waals surface area contributed by atoms with Gasteiger partial charge in [-0.05, 0) is 55.9 Å². The maximum absolute atomic E-state index is 13.3. The summed E-state index contributed by atoms with van der Waals surface area (Å²) in [5.74, 6) is 0.997. The van der Waals surface area contributed by atoms with E-state index >= 15 is 0 Å². The van der Waals surface area contributed by atoms with Gasteiger partial charge in [-0.3, -0.25) is 4.99 Å². The van der Waals surface area contributed by atoms with Gasteiger partial charge in [-0.25, -0.2) is 4.39 Å². The molecule has 0 fully saturated rings. The molecule has 1 atom stereocenters. The molecule has 4 N–H and O–H groups in total. The van der Waals surface area contributed by atoms with Crippen LogP contribution in [0.15, 0.2) is 29.4 Å². The van der Waals surface area contributed by atoms with Crippen molar-refractivity contribution in [2.75, 3.05) is 26.2 Å². The van der Waals surface area contributed by atoms with E-state index in [0.717, 1.165) is 67.7 Å². The average Bonchev–Trinajstić information content (AvgIpc) is 3.02. The maximum Gasteiger partial charge on any atom is 0.191 e. The van der Waals surface area contributed by atoms with Gasteiger partial charge in [0.05, 0.1) is 0 Å². The molecule has 0 aliphatic rings. The topological polar surface area (TPSA) is 72.4 Å². The Balaban J connectivity index is 1.91. The highest BCUT2D eigenvalue weighted by Crippen LogP contribution is 2.19. The molecule has 1 aromatic heterocycles. The number of rotatable bonds is 10. The Kier molecular flexibility index (Phi) is 8.41. The molecule has 5 nitrogen and oxygen atoms in total. The summed E-state index contributed by atoms with van der Waals surface area (Å²) in [7, 11) is 0. The zero-order chi connectivity index (χ0) is 18.8. The first-order valence-electron chi connectivity index (χ1n) is 9.56. The summed E-state index contributed by atoms with van der Waals surface area (Å²) in [5, 5.41) is 16.9. The number of aromatic nitrogens is 1. The van der Waals surface area contributed by atoms with Crippen molar-refractivity contribution in [2.24, 2.45) is 10.9 Å². The number of benzene rings is 1. The molecular weight excluding hydrogens is 331 g/mol. The first kappa shape index (κ1) is 20.2. The van der Waals surface area contributed by atoms with Crippen molar-refractivity contribution in [1.29, 1.82) is 0 Å². The molecule has 6 heteroatoms. The van der Waals surface area contributed by atoms with Gasteiger partial charge in [0, 0.05) is 43.3 Å². The number of aromatic amines is 1. The third-order valence-electron chi connectivity index (χ3n) is 4.50. The van der Waals surface area contributed by atoms with Crippen molar-refractivity contribution >= 4 is 16.9 Å². The number of H-pyrrole nitrogens is 1. The first-order chi connectivity index (χ1) is 12.7. The summed E-state index contributed by atoms with van der Waals surface area (Å²) in [6.07, 6.45) is 5.74. The van der Waals surface area contributed by atoms with Gasteiger partial charge in [0.25, 0.3) is 0 Å². The van der Waals surface area contributed by atoms with E-state index in [-0.39, 0.29) is 12.4 Å². The van der Waals surface area contributed by atoms with Crippen LogP contribution < -0.4 is 10.6 Å². The molecule has 0 saturated carbocycles. The van der Waals surface area contributed by atoms with Crippen LogP contribution in [-0.4, -0.2) is 42.3 Å². The van der Waals surface area contributed by atoms with Crippen LogP contribution in [0.25, 0.3) is 10.9 Å². The van der Waals surface area contributed by atoms with E-state index in [1.54, 1.807) is 0 Å². The second-order valence-corrected chi connectivity index (χ2v) is 6.57. The minimum absolute atomic E-state index is 0.214. The first-order valence-corrected chi connectivity index (χ1v) is 9.56. The number of guanidine groups is 1. The quantitative estimate of drug-likeness (QED) is 0.387. The minimum Gasteiger partial charge on any atom is -0.396 e. The van der Waals surface area contributed by atoms with Crippen LogP contribution in [-0.2, 0) is 6.42 Å². The van der Waals surface area contributed by atoms with Crippen LogP contribution >= 0.6 is 0 Å². The predicted molar refractivity (Wildman–Crippen MR) is 106 cm³/mol. The fourth-order valence-corrected chi connectivity index (χ4v) is 3.16. The van der Waals surface area contributed by atoms with Gasteiger partial charge in [-0.2, -0.15) is 0 Å². The Morgan fingerprint density at radius 2 is 2.12 bits per heavy atom. The van der Waals surface area contributed by atoms with Crippen molar-refractivity contribution in [2.45, 2.75) is 39.5 Å². The van der Waals surface area contributed by atoms with Gasteiger partial charge >= 0.3 is 0 Å². The van der Waals surface area contributed by atoms with E-state index in [4.69, 9.17) is 0 Å². The lowest BCUT2D eigenvalue weighted by Gasteiger charge is -2.15. The van der Waals surface area contributed by atoms with E-state index in [1.165, 1.54) is 12.1 Å². The van der Waals surface area contributed by atoms with Crippen molar-refractivity contribution in [3.63, 3.8) is 0 Å². The largest absolute Gasteiger partial charge is 0.396 e. The number of fused-ring (bicyclic) bond motifs is 1. The van der Waals surface area contributed by atoms with Crippen molar-refractivity contribution in [3.8, 4) is 0 Å². The Morgan fingerprint density at radius 1 is 1.27 bits per heavy atom. The van der Waals surface area contributed by atoms with Crippen LogP contribution in [0.5, 0.6) is 0 Å². The summed E-state index contributed by atoms with van der Waals surface area (Å²) in [5.41, 5.74) is 1.99. The molecule has 2 rings (SSSR count). The SMILES string of the molecule is CCCC(CCO)CN=C(NCC)NCCc1c[nH]c2cc(F)ccc12. The number of aliphatic imine (C=N–C) groups is 1. The number of nitrogens with zero attached hydrogens (tertiary/aromatic N) is 1. The molecule has 1 unspecified atom stereocenters. The van der Waals surface area contributed by atoms with E-state index < -0.39 is 0 Å². The second kappa shape index (κ2) is 10.8. The highest BCUT2D eigenvalue weighted by Gasteiger charge is 2.08. The number of halogens is 1. The predicted octanol–water partition coefficient (Wildman–Crippen LogP) is 3.20. The van der Waals surface area contributed by atoms with Crippen LogP contribution in [0.3, 0.4) is 0 Å². The highest BCUT2D eigenvalue weighted by atomic mass is 19.1. The molecule has 26 heavy (non-hydrogen) atoms. The van der Waals surface area contributed by atoms with Crippen molar-refractivity contribution in [3.05, 3.63) is 35.8 Å². The Labute approximate surface area is 155 Å². The third kappa shape index (κ3) is 6.02. The fraction of sp³-hybridized carbons (Fsp3) is 0.550. The Bertz CT molecular complexity index is 692. The molecule has 0 spiro atoms. The summed E-state index contributed by atoms with van der Waals surface area (Å²) >= 11 is 0. The summed E-state index contributed by atoms with van der Waals surface area (Å²) in [6.45, 7) is 6.68. The van der Waals surface area contributed by atoms with Crippen molar-refractivity contribution in [1.82, 2.24) is 15.6 Å². The smallest absolute Gasteiger partial charge is 0.191 e. The number of nitrogens with one attached hydrogen (secondary N) is 3. The normalized spacial score (nSPS) is 13.2. The summed E-state index contributed by atoms with van der Waals surface area (Å²) in [4.78, 5) is 7.79. The van der Waals surface area contributed by atoms with Gasteiger partial charge in [0.15, 0.2) is 5.96 Å². The van der Waals surface area contributed by atoms with Gasteiger partial charge in [0.1, 0.15) is 5.82 Å². The van der Waals surface area contributed by atoms with Crippen LogP contribution in [0.2, 0.25) is 0 Å². The highest BCUT2D eigenvalue weighted by molar-refractivity contribution is 5.83. The summed E-state index contributed by atoms with van der Waals surface area (Å²) < 4.78 is 13.3. The lowest BCUT2D eigenvalue weighted by atomic mass is 10.0. The van der Waals surface area contributed by atoms with Crippen LogP contribution in [0.4, 0.5) is 4.39 Å². The van der Waals surface area contributed by atoms with Crippen LogP contribution in [0.1, 0.15) is 38.7 Å². The molecule has 1 heterocycles. The van der Waals surface area contributed by atoms with Gasteiger partial charge in [0.2, 0.25) is 0 Å². The van der Waals surface area contributed by atoms with Gasteiger partial charge in [-0.15, -0.1) is 0 Å². The molecule has 0 aliphatic heterocycles. The molecule has 0 radical (unpaired) electrons. The molecule has 1 aromatic carbocycles. The number of hydrogen-bond acceptors (Lipinski definition) is 2. The van der Waals surface area contributed by atoms with Crippen molar-refractivity contribution < 1.29 is 9.50 Å². The zero-order valence-electron chi connectivity index (χ0n) is 15.8. The minimum atomic E-state index is -0.227. The molecule has 0 aliphatic carbocycles. The van der Waals surface area contributed by atoms with Gasteiger partial charge in [-0.1, -0.05) is 13.3 Å². The maximum atomic E-state index is 13.3. The molecule has 144 valence electrons. The van der Waals surface area contributed by atoms with E-state index in [0.29, 0.717) is 5.92 Å². The Hall–Kier alpha value is -2.08. The molecule has 0 amide bonds. The van der Waals surface area contributed by atoms with Crippen LogP contribution in [0, 0.1) is 11.7 Å². The molecular formula is C20H31FN4O. The van der Waals surface area contributed by atoms with E-state index in [9.17, 15) is 9.50 Å². The third-order valence-corrected chi connectivity index (χ3v) is 4.50. The number of aliphatic hydroxyl groups excluding tert-OH is 1. The van der Waals surface area contributed by atoms with E-state index in [1.807, 2.05) is 19.2 Å². The lowest BCUT2D eigenvalue weighted by Crippen LogP contribution is -2.38. The Morgan fingerprint density at radius 3 is 2.85 bits per heavy atom. The second-order valence-electron chi connectivity index (χ2n) is 6.57. The van der Waals surface area contributed by atoms with Gasteiger partial charge < -0.3 is 20.7 Å². The molecule has 2 aromatic rings. The van der Waals surface area contributed by atoms with E-state index in [2.05, 4.69) is 27.5 Å².